The fourth-order valence-electron chi connectivity index (χ4n) is 2.98. The highest BCUT2D eigenvalue weighted by molar-refractivity contribution is 6.09. The minimum absolute atomic E-state index is 0.712. The zero-order valence-electron chi connectivity index (χ0n) is 12.7. The van der Waals surface area contributed by atoms with Gasteiger partial charge >= 0.3 is 0 Å². The van der Waals surface area contributed by atoms with Crippen LogP contribution in [0, 0.1) is 0 Å². The Hall–Kier alpha value is -2.09. The van der Waals surface area contributed by atoms with E-state index >= 15 is 0 Å². The molecule has 0 radical (unpaired) electrons. The van der Waals surface area contributed by atoms with E-state index < -0.39 is 0 Å². The number of hydrogen-bond donors (Lipinski definition) is 0. The van der Waals surface area contributed by atoms with Crippen LogP contribution in [0.25, 0.3) is 21.7 Å². The topological polar surface area (TPSA) is 22.1 Å². The predicted octanol–water partition coefficient (Wildman–Crippen LogP) is 5.13. The van der Waals surface area contributed by atoms with Gasteiger partial charge in [-0.3, -0.25) is 0 Å². The molecule has 2 aromatic carbocycles. The number of methoxy groups -OCH3 is 1. The summed E-state index contributed by atoms with van der Waals surface area (Å²) in [5, 5.41) is 3.62. The summed E-state index contributed by atoms with van der Waals surface area (Å²) in [7, 11) is 1.69. The summed E-state index contributed by atoms with van der Waals surface area (Å²) in [5.41, 5.74) is 2.42. The number of benzene rings is 2. The van der Waals surface area contributed by atoms with Gasteiger partial charge in [0.2, 0.25) is 5.88 Å². The molecular formula is C19H21NO. The van der Waals surface area contributed by atoms with Crippen molar-refractivity contribution < 1.29 is 4.74 Å². The molecule has 3 aromatic rings. The summed E-state index contributed by atoms with van der Waals surface area (Å²) in [5.74, 6) is 0.712. The average molecular weight is 279 g/mol. The quantitative estimate of drug-likeness (QED) is 0.477. The SMILES string of the molecule is CCCCCc1cccc2nc(OC)c3ccccc3c12. The highest BCUT2D eigenvalue weighted by Crippen LogP contribution is 2.33. The normalized spacial score (nSPS) is 11.1. The first-order chi connectivity index (χ1) is 10.3. The largest absolute Gasteiger partial charge is 0.481 e. The molecule has 21 heavy (non-hydrogen) atoms. The second kappa shape index (κ2) is 6.13. The minimum atomic E-state index is 0.712. The second-order valence-corrected chi connectivity index (χ2v) is 5.44. The molecule has 0 saturated carbocycles. The molecule has 0 aliphatic carbocycles. The molecule has 0 spiro atoms. The van der Waals surface area contributed by atoms with Gasteiger partial charge in [0.05, 0.1) is 12.6 Å². The van der Waals surface area contributed by atoms with E-state index in [1.165, 1.54) is 35.6 Å². The van der Waals surface area contributed by atoms with Gasteiger partial charge in [0.25, 0.3) is 0 Å². The van der Waals surface area contributed by atoms with Gasteiger partial charge in [-0.1, -0.05) is 50.1 Å². The molecule has 108 valence electrons. The number of aromatic nitrogens is 1. The predicted molar refractivity (Wildman–Crippen MR) is 89.0 cm³/mol. The Balaban J connectivity index is 2.24. The molecule has 1 aromatic heterocycles. The number of unbranched alkanes of at least 4 members (excludes halogenated alkanes) is 2. The van der Waals surface area contributed by atoms with Gasteiger partial charge in [0, 0.05) is 10.8 Å². The van der Waals surface area contributed by atoms with Gasteiger partial charge in [-0.15, -0.1) is 0 Å². The Kier molecular flexibility index (Phi) is 4.05. The number of fused-ring (bicyclic) bond motifs is 3. The zero-order chi connectivity index (χ0) is 14.7. The Morgan fingerprint density at radius 2 is 1.76 bits per heavy atom. The lowest BCUT2D eigenvalue weighted by molar-refractivity contribution is 0.405. The van der Waals surface area contributed by atoms with Gasteiger partial charge in [0.15, 0.2) is 0 Å². The summed E-state index contributed by atoms with van der Waals surface area (Å²) >= 11 is 0. The first-order valence-electron chi connectivity index (χ1n) is 7.69. The third kappa shape index (κ3) is 2.58. The van der Waals surface area contributed by atoms with Crippen LogP contribution < -0.4 is 4.74 Å². The minimum Gasteiger partial charge on any atom is -0.481 e. The average Bonchev–Trinajstić information content (AvgIpc) is 2.54. The maximum Gasteiger partial charge on any atom is 0.221 e. The van der Waals surface area contributed by atoms with Crippen molar-refractivity contribution in [2.45, 2.75) is 32.6 Å². The van der Waals surface area contributed by atoms with Crippen LogP contribution in [0.3, 0.4) is 0 Å². The Morgan fingerprint density at radius 1 is 0.952 bits per heavy atom. The molecule has 0 atom stereocenters. The first-order valence-corrected chi connectivity index (χ1v) is 7.69. The van der Waals surface area contributed by atoms with Crippen LogP contribution in [0.2, 0.25) is 0 Å². The van der Waals surface area contributed by atoms with Crippen molar-refractivity contribution in [1.29, 1.82) is 0 Å². The number of hydrogen-bond acceptors (Lipinski definition) is 2. The Labute approximate surface area is 125 Å². The van der Waals surface area contributed by atoms with E-state index in [0.29, 0.717) is 5.88 Å². The van der Waals surface area contributed by atoms with Gasteiger partial charge < -0.3 is 4.74 Å². The Morgan fingerprint density at radius 3 is 2.52 bits per heavy atom. The number of nitrogens with zero attached hydrogens (tertiary/aromatic N) is 1. The molecular weight excluding hydrogens is 258 g/mol. The van der Waals surface area contributed by atoms with Crippen LogP contribution in [-0.2, 0) is 6.42 Å². The first kappa shape index (κ1) is 13.9. The Bertz CT molecular complexity index is 764. The van der Waals surface area contributed by atoms with E-state index in [1.807, 2.05) is 6.07 Å². The van der Waals surface area contributed by atoms with Crippen molar-refractivity contribution in [1.82, 2.24) is 4.98 Å². The van der Waals surface area contributed by atoms with Crippen molar-refractivity contribution in [2.24, 2.45) is 0 Å². The van der Waals surface area contributed by atoms with E-state index in [2.05, 4.69) is 48.3 Å². The summed E-state index contributed by atoms with van der Waals surface area (Å²) in [4.78, 5) is 4.69. The lowest BCUT2D eigenvalue weighted by Crippen LogP contribution is -1.94. The number of pyridine rings is 1. The van der Waals surface area contributed by atoms with Crippen LogP contribution in [0.15, 0.2) is 42.5 Å². The highest BCUT2D eigenvalue weighted by Gasteiger charge is 2.11. The monoisotopic (exact) mass is 279 g/mol. The standard InChI is InChI=1S/C19H21NO/c1-3-4-5-9-14-10-8-13-17-18(14)15-11-6-7-12-16(15)19(20-17)21-2/h6-8,10-13H,3-5,9H2,1-2H3. The molecule has 0 bridgehead atoms. The van der Waals surface area contributed by atoms with Gasteiger partial charge in [-0.05, 0) is 35.9 Å². The molecule has 0 N–H and O–H groups in total. The molecule has 3 rings (SSSR count). The molecule has 0 fully saturated rings. The van der Waals surface area contributed by atoms with Crippen molar-refractivity contribution in [2.75, 3.05) is 7.11 Å². The third-order valence-corrected chi connectivity index (χ3v) is 4.02. The summed E-state index contributed by atoms with van der Waals surface area (Å²) in [6, 6.07) is 14.8. The lowest BCUT2D eigenvalue weighted by Gasteiger charge is -2.12. The van der Waals surface area contributed by atoms with Gasteiger partial charge in [-0.25, -0.2) is 4.98 Å². The highest BCUT2D eigenvalue weighted by atomic mass is 16.5. The van der Waals surface area contributed by atoms with E-state index in [4.69, 9.17) is 4.74 Å². The second-order valence-electron chi connectivity index (χ2n) is 5.44. The number of rotatable bonds is 5. The van der Waals surface area contributed by atoms with Crippen molar-refractivity contribution >= 4 is 21.7 Å². The van der Waals surface area contributed by atoms with Gasteiger partial charge in [-0.2, -0.15) is 0 Å². The molecule has 0 unspecified atom stereocenters. The van der Waals surface area contributed by atoms with Crippen LogP contribution in [0.5, 0.6) is 5.88 Å². The van der Waals surface area contributed by atoms with Gasteiger partial charge in [0.1, 0.15) is 0 Å². The lowest BCUT2D eigenvalue weighted by atomic mass is 9.98. The summed E-state index contributed by atoms with van der Waals surface area (Å²) in [6.45, 7) is 2.24. The molecule has 2 nitrogen and oxygen atoms in total. The van der Waals surface area contributed by atoms with Crippen LogP contribution in [0.4, 0.5) is 0 Å². The number of ether oxygens (including phenoxy) is 1. The molecule has 1 heterocycles. The fourth-order valence-corrected chi connectivity index (χ4v) is 2.98. The molecule has 0 aliphatic heterocycles. The van der Waals surface area contributed by atoms with Crippen LogP contribution in [-0.4, -0.2) is 12.1 Å². The van der Waals surface area contributed by atoms with Crippen LogP contribution in [0.1, 0.15) is 31.7 Å². The fraction of sp³-hybridized carbons (Fsp3) is 0.316. The smallest absolute Gasteiger partial charge is 0.221 e. The summed E-state index contributed by atoms with van der Waals surface area (Å²) in [6.07, 6.45) is 4.87. The molecule has 0 amide bonds. The van der Waals surface area contributed by atoms with E-state index in [1.54, 1.807) is 7.11 Å². The van der Waals surface area contributed by atoms with Crippen molar-refractivity contribution in [3.63, 3.8) is 0 Å². The van der Waals surface area contributed by atoms with Crippen molar-refractivity contribution in [3.8, 4) is 5.88 Å². The van der Waals surface area contributed by atoms with E-state index in [0.717, 1.165) is 17.3 Å². The van der Waals surface area contributed by atoms with E-state index in [9.17, 15) is 0 Å². The third-order valence-electron chi connectivity index (χ3n) is 4.02. The van der Waals surface area contributed by atoms with E-state index in [-0.39, 0.29) is 0 Å². The maximum absolute atomic E-state index is 5.46. The molecule has 0 saturated heterocycles. The molecule has 2 heteroatoms. The number of aryl methyl sites for hydroxylation is 1. The maximum atomic E-state index is 5.46. The van der Waals surface area contributed by atoms with Crippen molar-refractivity contribution in [3.05, 3.63) is 48.0 Å². The zero-order valence-corrected chi connectivity index (χ0v) is 12.7. The summed E-state index contributed by atoms with van der Waals surface area (Å²) < 4.78 is 5.46. The molecule has 0 aliphatic rings. The van der Waals surface area contributed by atoms with Crippen LogP contribution >= 0.6 is 0 Å².